The number of aromatic nitrogens is 4. The molecule has 2 aromatic heterocycles. The maximum atomic E-state index is 11.5. The van der Waals surface area contributed by atoms with E-state index in [2.05, 4.69) is 32.6 Å². The van der Waals surface area contributed by atoms with E-state index in [1.807, 2.05) is 7.05 Å². The highest BCUT2D eigenvalue weighted by Crippen LogP contribution is 2.17. The topological polar surface area (TPSA) is 111 Å². The lowest BCUT2D eigenvalue weighted by Crippen LogP contribution is -2.17. The van der Waals surface area contributed by atoms with Gasteiger partial charge in [-0.2, -0.15) is 10.1 Å². The van der Waals surface area contributed by atoms with Gasteiger partial charge >= 0.3 is 0 Å². The number of hydrogen-bond donors (Lipinski definition) is 3. The first-order valence-corrected chi connectivity index (χ1v) is 7.26. The van der Waals surface area contributed by atoms with E-state index >= 15 is 0 Å². The summed E-state index contributed by atoms with van der Waals surface area (Å²) in [5.74, 6) is 0.284. The molecular weight excluding hydrogens is 282 g/mol. The van der Waals surface area contributed by atoms with Gasteiger partial charge in [-0.25, -0.2) is 4.98 Å². The van der Waals surface area contributed by atoms with Crippen LogP contribution >= 0.6 is 0 Å². The van der Waals surface area contributed by atoms with Gasteiger partial charge in [-0.05, 0) is 6.42 Å². The van der Waals surface area contributed by atoms with E-state index in [9.17, 15) is 4.79 Å². The van der Waals surface area contributed by atoms with Crippen LogP contribution in [0.2, 0.25) is 0 Å². The van der Waals surface area contributed by atoms with Crippen molar-refractivity contribution in [2.75, 3.05) is 17.2 Å². The molecule has 0 fully saturated rings. The van der Waals surface area contributed by atoms with Crippen molar-refractivity contribution < 1.29 is 4.79 Å². The third-order valence-corrected chi connectivity index (χ3v) is 3.09. The van der Waals surface area contributed by atoms with Crippen LogP contribution in [0.25, 0.3) is 0 Å². The van der Waals surface area contributed by atoms with Crippen molar-refractivity contribution in [3.8, 4) is 0 Å². The molecule has 4 N–H and O–H groups in total. The van der Waals surface area contributed by atoms with E-state index < -0.39 is 5.91 Å². The number of hydrogen-bond acceptors (Lipinski definition) is 6. The molecule has 2 heterocycles. The zero-order chi connectivity index (χ0) is 15.9. The number of aryl methyl sites for hydroxylation is 1. The van der Waals surface area contributed by atoms with Crippen LogP contribution in [0.3, 0.4) is 0 Å². The van der Waals surface area contributed by atoms with E-state index in [0.717, 1.165) is 31.5 Å². The summed E-state index contributed by atoms with van der Waals surface area (Å²) in [5.41, 5.74) is 6.41. The van der Waals surface area contributed by atoms with Crippen LogP contribution in [0.5, 0.6) is 0 Å². The molecule has 0 aliphatic rings. The predicted octanol–water partition coefficient (Wildman–Crippen LogP) is 1.65. The summed E-state index contributed by atoms with van der Waals surface area (Å²) in [4.78, 5) is 19.9. The number of nitrogens with zero attached hydrogens (tertiary/aromatic N) is 4. The first-order chi connectivity index (χ1) is 10.6. The molecule has 8 heteroatoms. The Balaban J connectivity index is 2.13. The molecule has 0 atom stereocenters. The largest absolute Gasteiger partial charge is 0.369 e. The minimum absolute atomic E-state index is 0.285. The normalized spacial score (nSPS) is 10.5. The van der Waals surface area contributed by atoms with Crippen LogP contribution in [0.15, 0.2) is 18.6 Å². The van der Waals surface area contributed by atoms with Gasteiger partial charge in [0.25, 0.3) is 5.91 Å². The van der Waals surface area contributed by atoms with E-state index in [4.69, 9.17) is 5.73 Å². The number of nitrogens with two attached hydrogens (primary N) is 1. The van der Waals surface area contributed by atoms with Crippen LogP contribution in [-0.4, -0.2) is 32.2 Å². The molecule has 0 spiro atoms. The fourth-order valence-corrected chi connectivity index (χ4v) is 1.95. The maximum absolute atomic E-state index is 11.5. The molecule has 118 valence electrons. The van der Waals surface area contributed by atoms with Crippen molar-refractivity contribution >= 4 is 23.4 Å². The molecule has 0 bridgehead atoms. The molecule has 0 aromatic carbocycles. The average Bonchev–Trinajstić information content (AvgIpc) is 2.89. The summed E-state index contributed by atoms with van der Waals surface area (Å²) < 4.78 is 1.67. The van der Waals surface area contributed by atoms with Gasteiger partial charge in [0.1, 0.15) is 5.82 Å². The maximum Gasteiger partial charge on any atom is 0.254 e. The van der Waals surface area contributed by atoms with Gasteiger partial charge in [-0.3, -0.25) is 9.48 Å². The monoisotopic (exact) mass is 303 g/mol. The lowest BCUT2D eigenvalue weighted by Gasteiger charge is -2.10. The van der Waals surface area contributed by atoms with Crippen LogP contribution in [0, 0.1) is 0 Å². The third-order valence-electron chi connectivity index (χ3n) is 3.09. The molecule has 2 aromatic rings. The number of primary amides is 1. The summed E-state index contributed by atoms with van der Waals surface area (Å²) in [6.07, 6.45) is 8.15. The second kappa shape index (κ2) is 7.39. The first kappa shape index (κ1) is 15.7. The molecule has 0 radical (unpaired) electrons. The standard InChI is InChI=1S/C14H21N7O/c1-3-4-5-6-16-13-11(12(15)22)8-17-14(20-13)19-10-7-18-21(2)9-10/h7-9H,3-6H2,1-2H3,(H2,15,22)(H2,16,17,19,20). The summed E-state index contributed by atoms with van der Waals surface area (Å²) >= 11 is 0. The fraction of sp³-hybridized carbons (Fsp3) is 0.429. The number of amides is 1. The van der Waals surface area contributed by atoms with Gasteiger partial charge in [0, 0.05) is 26.0 Å². The van der Waals surface area contributed by atoms with Crippen LogP contribution in [-0.2, 0) is 7.05 Å². The van der Waals surface area contributed by atoms with Crippen molar-refractivity contribution in [1.82, 2.24) is 19.7 Å². The number of nitrogens with one attached hydrogen (secondary N) is 2. The first-order valence-electron chi connectivity index (χ1n) is 7.26. The van der Waals surface area contributed by atoms with Crippen LogP contribution in [0.1, 0.15) is 36.5 Å². The van der Waals surface area contributed by atoms with Gasteiger partial charge < -0.3 is 16.4 Å². The van der Waals surface area contributed by atoms with Gasteiger partial charge in [-0.15, -0.1) is 0 Å². The zero-order valence-electron chi connectivity index (χ0n) is 12.8. The third kappa shape index (κ3) is 4.18. The smallest absolute Gasteiger partial charge is 0.254 e. The van der Waals surface area contributed by atoms with Crippen LogP contribution in [0.4, 0.5) is 17.5 Å². The predicted molar refractivity (Wildman–Crippen MR) is 85.1 cm³/mol. The minimum Gasteiger partial charge on any atom is -0.369 e. The molecule has 0 saturated carbocycles. The van der Waals surface area contributed by atoms with Gasteiger partial charge in [0.2, 0.25) is 5.95 Å². The number of carbonyl (C=O) groups excluding carboxylic acids is 1. The fourth-order valence-electron chi connectivity index (χ4n) is 1.95. The SMILES string of the molecule is CCCCCNc1nc(Nc2cnn(C)c2)ncc1C(N)=O. The number of unbranched alkanes of at least 4 members (excludes halogenated alkanes) is 2. The van der Waals surface area contributed by atoms with Crippen molar-refractivity contribution in [2.24, 2.45) is 12.8 Å². The van der Waals surface area contributed by atoms with Crippen molar-refractivity contribution in [3.05, 3.63) is 24.2 Å². The molecule has 0 aliphatic heterocycles. The average molecular weight is 303 g/mol. The Kier molecular flexibility index (Phi) is 5.29. The Labute approximate surface area is 129 Å². The Morgan fingerprint density at radius 2 is 2.18 bits per heavy atom. The molecule has 22 heavy (non-hydrogen) atoms. The van der Waals surface area contributed by atoms with E-state index in [1.165, 1.54) is 6.20 Å². The Hall–Kier alpha value is -2.64. The summed E-state index contributed by atoms with van der Waals surface area (Å²) in [6.45, 7) is 2.87. The highest BCUT2D eigenvalue weighted by molar-refractivity contribution is 5.97. The van der Waals surface area contributed by atoms with E-state index in [0.29, 0.717) is 11.8 Å². The van der Waals surface area contributed by atoms with Gasteiger partial charge in [-0.1, -0.05) is 19.8 Å². The molecule has 0 aliphatic carbocycles. The second-order valence-corrected chi connectivity index (χ2v) is 4.98. The number of anilines is 3. The Morgan fingerprint density at radius 1 is 1.36 bits per heavy atom. The number of rotatable bonds is 8. The Bertz CT molecular complexity index is 638. The molecule has 8 nitrogen and oxygen atoms in total. The molecule has 2 rings (SSSR count). The highest BCUT2D eigenvalue weighted by Gasteiger charge is 2.12. The summed E-state index contributed by atoms with van der Waals surface area (Å²) in [7, 11) is 1.82. The van der Waals surface area contributed by atoms with Crippen LogP contribution < -0.4 is 16.4 Å². The van der Waals surface area contributed by atoms with E-state index in [-0.39, 0.29) is 5.56 Å². The molecular formula is C14H21N7O. The lowest BCUT2D eigenvalue weighted by molar-refractivity contribution is 0.100. The Morgan fingerprint density at radius 3 is 2.82 bits per heavy atom. The summed E-state index contributed by atoms with van der Waals surface area (Å²) in [6, 6.07) is 0. The molecule has 0 unspecified atom stereocenters. The van der Waals surface area contributed by atoms with Gasteiger partial charge in [0.15, 0.2) is 0 Å². The summed E-state index contributed by atoms with van der Waals surface area (Å²) in [5, 5.41) is 10.2. The molecule has 0 saturated heterocycles. The minimum atomic E-state index is -0.550. The second-order valence-electron chi connectivity index (χ2n) is 4.98. The van der Waals surface area contributed by atoms with Gasteiger partial charge in [0.05, 0.1) is 17.4 Å². The molecule has 1 amide bonds. The quantitative estimate of drug-likeness (QED) is 0.639. The number of carbonyl (C=O) groups is 1. The highest BCUT2D eigenvalue weighted by atomic mass is 16.1. The van der Waals surface area contributed by atoms with E-state index in [1.54, 1.807) is 17.1 Å². The zero-order valence-corrected chi connectivity index (χ0v) is 12.8. The lowest BCUT2D eigenvalue weighted by atomic mass is 10.2. The van der Waals surface area contributed by atoms with Crippen molar-refractivity contribution in [3.63, 3.8) is 0 Å². The van der Waals surface area contributed by atoms with Crippen molar-refractivity contribution in [2.45, 2.75) is 26.2 Å². The van der Waals surface area contributed by atoms with Crippen molar-refractivity contribution in [1.29, 1.82) is 0 Å².